The highest BCUT2D eigenvalue weighted by Crippen LogP contribution is 2.22. The van der Waals surface area contributed by atoms with Gasteiger partial charge in [-0.15, -0.1) is 0 Å². The molecule has 0 N–H and O–H groups in total. The fourth-order valence-electron chi connectivity index (χ4n) is 1.05. The molecule has 0 heterocycles. The number of alkyl halides is 1. The van der Waals surface area contributed by atoms with Gasteiger partial charge >= 0.3 is 0 Å². The monoisotopic (exact) mass is 275 g/mol. The van der Waals surface area contributed by atoms with Crippen molar-refractivity contribution in [3.05, 3.63) is 39.9 Å². The molecule has 5 heteroatoms. The molecule has 0 aliphatic rings. The second-order valence-corrected chi connectivity index (χ2v) is 4.53. The average molecular weight is 276 g/mol. The zero-order valence-electron chi connectivity index (χ0n) is 7.48. The van der Waals surface area contributed by atoms with Crippen molar-refractivity contribution in [1.82, 2.24) is 0 Å². The van der Waals surface area contributed by atoms with Crippen LogP contribution in [0, 0.1) is 10.1 Å². The first-order valence-corrected chi connectivity index (χ1v) is 6.39. The maximum absolute atomic E-state index is 10.6. The smallest absolute Gasteiger partial charge is 0.258 e. The van der Waals surface area contributed by atoms with Crippen LogP contribution in [-0.2, 0) is 5.75 Å². The molecule has 0 amide bonds. The number of hydrogen-bond donors (Lipinski definition) is 0. The van der Waals surface area contributed by atoms with E-state index in [0.717, 1.165) is 16.6 Å². The Bertz CT molecular complexity index is 319. The first kappa shape index (κ1) is 11.5. The van der Waals surface area contributed by atoms with Crippen LogP contribution in [0.25, 0.3) is 0 Å². The van der Waals surface area contributed by atoms with Gasteiger partial charge in [-0.2, -0.15) is 11.8 Å². The average Bonchev–Trinajstić information content (AvgIpc) is 2.19. The Hall–Kier alpha value is -0.550. The number of hydrogen-bond acceptors (Lipinski definition) is 3. The molecule has 0 aliphatic carbocycles. The highest BCUT2D eigenvalue weighted by molar-refractivity contribution is 9.09. The largest absolute Gasteiger partial charge is 0.273 e. The van der Waals surface area contributed by atoms with Crippen molar-refractivity contribution < 1.29 is 4.92 Å². The van der Waals surface area contributed by atoms with Gasteiger partial charge in [-0.25, -0.2) is 0 Å². The van der Waals surface area contributed by atoms with E-state index in [1.807, 2.05) is 6.07 Å². The molecule has 0 spiro atoms. The number of benzene rings is 1. The van der Waals surface area contributed by atoms with E-state index in [2.05, 4.69) is 15.9 Å². The number of rotatable bonds is 5. The number of nitro groups is 1. The van der Waals surface area contributed by atoms with Gasteiger partial charge in [-0.05, 0) is 0 Å². The molecular weight excluding hydrogens is 266 g/mol. The third kappa shape index (κ3) is 3.31. The lowest BCUT2D eigenvalue weighted by atomic mass is 10.2. The molecule has 0 bridgehead atoms. The predicted molar refractivity (Wildman–Crippen MR) is 63.1 cm³/mol. The summed E-state index contributed by atoms with van der Waals surface area (Å²) in [6, 6.07) is 6.87. The van der Waals surface area contributed by atoms with Gasteiger partial charge in [0.15, 0.2) is 0 Å². The molecule has 1 aromatic rings. The van der Waals surface area contributed by atoms with Gasteiger partial charge in [0.1, 0.15) is 0 Å². The quantitative estimate of drug-likeness (QED) is 0.359. The zero-order chi connectivity index (χ0) is 10.4. The Balaban J connectivity index is 2.69. The van der Waals surface area contributed by atoms with Crippen LogP contribution in [-0.4, -0.2) is 16.0 Å². The Labute approximate surface area is 95.2 Å². The van der Waals surface area contributed by atoms with E-state index >= 15 is 0 Å². The lowest BCUT2D eigenvalue weighted by Gasteiger charge is -2.01. The molecule has 0 fully saturated rings. The summed E-state index contributed by atoms with van der Waals surface area (Å²) in [4.78, 5) is 10.3. The van der Waals surface area contributed by atoms with E-state index in [9.17, 15) is 10.1 Å². The van der Waals surface area contributed by atoms with Gasteiger partial charge in [0.05, 0.1) is 4.92 Å². The maximum atomic E-state index is 10.6. The first-order valence-electron chi connectivity index (χ1n) is 4.11. The first-order chi connectivity index (χ1) is 6.75. The van der Waals surface area contributed by atoms with Crippen LogP contribution in [0.3, 0.4) is 0 Å². The van der Waals surface area contributed by atoms with E-state index in [-0.39, 0.29) is 10.6 Å². The lowest BCUT2D eigenvalue weighted by molar-refractivity contribution is -0.385. The number of nitro benzene ring substituents is 1. The second-order valence-electron chi connectivity index (χ2n) is 2.63. The van der Waals surface area contributed by atoms with Crippen molar-refractivity contribution in [3.8, 4) is 0 Å². The third-order valence-corrected chi connectivity index (χ3v) is 3.60. The summed E-state index contributed by atoms with van der Waals surface area (Å²) >= 11 is 5.00. The SMILES string of the molecule is O=[N+]([O-])c1ccccc1CSCCBr. The molecule has 0 saturated carbocycles. The summed E-state index contributed by atoms with van der Waals surface area (Å²) in [7, 11) is 0. The molecule has 0 unspecified atom stereocenters. The van der Waals surface area contributed by atoms with Crippen molar-refractivity contribution >= 4 is 33.4 Å². The highest BCUT2D eigenvalue weighted by Gasteiger charge is 2.11. The van der Waals surface area contributed by atoms with E-state index in [1.54, 1.807) is 30.0 Å². The minimum absolute atomic E-state index is 0.217. The molecule has 0 radical (unpaired) electrons. The number of para-hydroxylation sites is 1. The van der Waals surface area contributed by atoms with E-state index in [1.165, 1.54) is 0 Å². The molecule has 0 atom stereocenters. The van der Waals surface area contributed by atoms with Crippen LogP contribution in [0.15, 0.2) is 24.3 Å². The van der Waals surface area contributed by atoms with Crippen LogP contribution in [0.4, 0.5) is 5.69 Å². The van der Waals surface area contributed by atoms with Gasteiger partial charge in [-0.3, -0.25) is 10.1 Å². The molecule has 0 aromatic heterocycles. The van der Waals surface area contributed by atoms with Gasteiger partial charge in [-0.1, -0.05) is 34.1 Å². The van der Waals surface area contributed by atoms with Crippen LogP contribution in [0.1, 0.15) is 5.56 Å². The van der Waals surface area contributed by atoms with Crippen LogP contribution in [0.2, 0.25) is 0 Å². The summed E-state index contributed by atoms with van der Waals surface area (Å²) in [6.07, 6.45) is 0. The molecule has 0 saturated heterocycles. The minimum Gasteiger partial charge on any atom is -0.258 e. The van der Waals surface area contributed by atoms with Crippen molar-refractivity contribution in [3.63, 3.8) is 0 Å². The fourth-order valence-corrected chi connectivity index (χ4v) is 2.45. The van der Waals surface area contributed by atoms with E-state index < -0.39 is 0 Å². The standard InChI is InChI=1S/C9H10BrNO2S/c10-5-6-14-7-8-3-1-2-4-9(8)11(12)13/h1-4H,5-7H2. The van der Waals surface area contributed by atoms with Gasteiger partial charge in [0.2, 0.25) is 0 Å². The third-order valence-electron chi connectivity index (χ3n) is 1.67. The summed E-state index contributed by atoms with van der Waals surface area (Å²) in [5.41, 5.74) is 1.01. The van der Waals surface area contributed by atoms with Crippen molar-refractivity contribution in [1.29, 1.82) is 0 Å². The Morgan fingerprint density at radius 3 is 2.79 bits per heavy atom. The normalized spacial score (nSPS) is 10.1. The summed E-state index contributed by atoms with van der Waals surface area (Å²) in [6.45, 7) is 0. The maximum Gasteiger partial charge on any atom is 0.273 e. The molecule has 0 aliphatic heterocycles. The highest BCUT2D eigenvalue weighted by atomic mass is 79.9. The summed E-state index contributed by atoms with van der Waals surface area (Å²) in [5, 5.41) is 11.6. The van der Waals surface area contributed by atoms with E-state index in [0.29, 0.717) is 5.75 Å². The molecule has 1 aromatic carbocycles. The van der Waals surface area contributed by atoms with Crippen molar-refractivity contribution in [2.75, 3.05) is 11.1 Å². The number of thioether (sulfide) groups is 1. The Morgan fingerprint density at radius 2 is 2.14 bits per heavy atom. The predicted octanol–water partition coefficient (Wildman–Crippen LogP) is 3.22. The Kier molecular flexibility index (Phi) is 4.97. The van der Waals surface area contributed by atoms with Gasteiger partial charge < -0.3 is 0 Å². The minimum atomic E-state index is -0.329. The molecule has 1 rings (SSSR count). The zero-order valence-corrected chi connectivity index (χ0v) is 9.88. The van der Waals surface area contributed by atoms with Crippen molar-refractivity contribution in [2.24, 2.45) is 0 Å². The molecule has 76 valence electrons. The topological polar surface area (TPSA) is 43.1 Å². The lowest BCUT2D eigenvalue weighted by Crippen LogP contribution is -1.94. The van der Waals surface area contributed by atoms with Crippen LogP contribution >= 0.6 is 27.7 Å². The second kappa shape index (κ2) is 6.03. The summed E-state index contributed by atoms with van der Waals surface area (Å²) < 4.78 is 0. The molecule has 3 nitrogen and oxygen atoms in total. The van der Waals surface area contributed by atoms with Gasteiger partial charge in [0.25, 0.3) is 5.69 Å². The van der Waals surface area contributed by atoms with Crippen molar-refractivity contribution in [2.45, 2.75) is 5.75 Å². The van der Waals surface area contributed by atoms with Crippen LogP contribution in [0.5, 0.6) is 0 Å². The fraction of sp³-hybridized carbons (Fsp3) is 0.333. The Morgan fingerprint density at radius 1 is 1.43 bits per heavy atom. The molecular formula is C9H10BrNO2S. The molecule has 14 heavy (non-hydrogen) atoms. The number of nitrogens with zero attached hydrogens (tertiary/aromatic N) is 1. The summed E-state index contributed by atoms with van der Waals surface area (Å²) in [5.74, 6) is 1.66. The van der Waals surface area contributed by atoms with Crippen LogP contribution < -0.4 is 0 Å². The van der Waals surface area contributed by atoms with Gasteiger partial charge in [0, 0.05) is 28.5 Å². The van der Waals surface area contributed by atoms with E-state index in [4.69, 9.17) is 0 Å². The number of halogens is 1.